The number of pyridine rings is 1. The normalized spacial score (nSPS) is 15.2. The third kappa shape index (κ3) is 2.92. The van der Waals surface area contributed by atoms with Gasteiger partial charge in [0, 0.05) is 18.0 Å². The predicted molar refractivity (Wildman–Crippen MR) is 79.0 cm³/mol. The first kappa shape index (κ1) is 13.3. The smallest absolute Gasteiger partial charge is 0.145 e. The lowest BCUT2D eigenvalue weighted by atomic mass is 10.1. The van der Waals surface area contributed by atoms with Gasteiger partial charge >= 0.3 is 0 Å². The molecular weight excluding hydrogens is 252 g/mol. The van der Waals surface area contributed by atoms with Crippen molar-refractivity contribution in [2.45, 2.75) is 26.0 Å². The Bertz CT molecular complexity index is 582. The second-order valence-electron chi connectivity index (χ2n) is 5.08. The van der Waals surface area contributed by atoms with Crippen molar-refractivity contribution in [2.75, 3.05) is 19.8 Å². The summed E-state index contributed by atoms with van der Waals surface area (Å²) in [6, 6.07) is 10.2. The predicted octanol–water partition coefficient (Wildman–Crippen LogP) is 2.51. The third-order valence-corrected chi connectivity index (χ3v) is 3.37. The van der Waals surface area contributed by atoms with E-state index in [0.29, 0.717) is 13.2 Å². The van der Waals surface area contributed by atoms with Crippen LogP contribution in [-0.2, 0) is 11.3 Å². The molecule has 0 unspecified atom stereocenters. The van der Waals surface area contributed by atoms with Crippen LogP contribution in [0.2, 0.25) is 0 Å². The summed E-state index contributed by atoms with van der Waals surface area (Å²) in [6.45, 7) is 5.30. The van der Waals surface area contributed by atoms with E-state index in [1.165, 1.54) is 0 Å². The Morgan fingerprint density at radius 2 is 2.20 bits per heavy atom. The summed E-state index contributed by atoms with van der Waals surface area (Å²) < 4.78 is 11.2. The Morgan fingerprint density at radius 1 is 1.35 bits per heavy atom. The lowest BCUT2D eigenvalue weighted by Crippen LogP contribution is -2.38. The zero-order chi connectivity index (χ0) is 13.8. The summed E-state index contributed by atoms with van der Waals surface area (Å²) in [5.74, 6) is 0.914. The third-order valence-electron chi connectivity index (χ3n) is 3.37. The quantitative estimate of drug-likeness (QED) is 0.821. The van der Waals surface area contributed by atoms with Crippen LogP contribution in [-0.4, -0.2) is 30.8 Å². The molecule has 106 valence electrons. The van der Waals surface area contributed by atoms with E-state index in [0.717, 1.165) is 41.9 Å². The molecule has 0 atom stereocenters. The molecule has 1 aromatic heterocycles. The van der Waals surface area contributed by atoms with E-state index in [2.05, 4.69) is 23.3 Å². The fourth-order valence-corrected chi connectivity index (χ4v) is 2.24. The van der Waals surface area contributed by atoms with E-state index in [9.17, 15) is 0 Å². The molecule has 4 heteroatoms. The average Bonchev–Trinajstić information content (AvgIpc) is 2.43. The van der Waals surface area contributed by atoms with Gasteiger partial charge in [0.2, 0.25) is 0 Å². The molecule has 0 radical (unpaired) electrons. The maximum absolute atomic E-state index is 6.02. The maximum Gasteiger partial charge on any atom is 0.145 e. The Labute approximate surface area is 119 Å². The first-order valence-corrected chi connectivity index (χ1v) is 7.20. The molecule has 2 aromatic rings. The van der Waals surface area contributed by atoms with Gasteiger partial charge in [-0.15, -0.1) is 0 Å². The van der Waals surface area contributed by atoms with Crippen LogP contribution in [0.15, 0.2) is 30.3 Å². The van der Waals surface area contributed by atoms with Gasteiger partial charge in [-0.3, -0.25) is 4.98 Å². The second-order valence-corrected chi connectivity index (χ2v) is 5.08. The number of hydrogen-bond donors (Lipinski definition) is 1. The van der Waals surface area contributed by atoms with E-state index in [4.69, 9.17) is 9.47 Å². The highest BCUT2D eigenvalue weighted by Crippen LogP contribution is 2.27. The van der Waals surface area contributed by atoms with E-state index >= 15 is 0 Å². The van der Waals surface area contributed by atoms with Gasteiger partial charge in [0.05, 0.1) is 24.4 Å². The number of ether oxygens (including phenoxy) is 2. The summed E-state index contributed by atoms with van der Waals surface area (Å²) in [5.41, 5.74) is 2.01. The minimum Gasteiger partial charge on any atom is -0.485 e. The fourth-order valence-electron chi connectivity index (χ4n) is 2.24. The van der Waals surface area contributed by atoms with E-state index < -0.39 is 0 Å². The highest BCUT2D eigenvalue weighted by Gasteiger charge is 2.21. The van der Waals surface area contributed by atoms with Gasteiger partial charge in [-0.05, 0) is 25.1 Å². The molecule has 0 bridgehead atoms. The number of benzene rings is 1. The lowest BCUT2D eigenvalue weighted by molar-refractivity contribution is -0.0791. The summed E-state index contributed by atoms with van der Waals surface area (Å²) in [4.78, 5) is 4.69. The Morgan fingerprint density at radius 3 is 2.95 bits per heavy atom. The van der Waals surface area contributed by atoms with Crippen molar-refractivity contribution < 1.29 is 9.47 Å². The molecule has 20 heavy (non-hydrogen) atoms. The van der Waals surface area contributed by atoms with Crippen molar-refractivity contribution >= 4 is 10.9 Å². The summed E-state index contributed by atoms with van der Waals surface area (Å²) in [6.07, 6.45) is 1.30. The van der Waals surface area contributed by atoms with Crippen LogP contribution in [0, 0.1) is 0 Å². The van der Waals surface area contributed by atoms with Crippen molar-refractivity contribution in [3.63, 3.8) is 0 Å². The van der Waals surface area contributed by atoms with Crippen molar-refractivity contribution in [1.82, 2.24) is 10.3 Å². The molecule has 0 amide bonds. The van der Waals surface area contributed by atoms with Crippen molar-refractivity contribution in [3.05, 3.63) is 36.0 Å². The van der Waals surface area contributed by atoms with Crippen LogP contribution >= 0.6 is 0 Å². The number of rotatable bonds is 6. The van der Waals surface area contributed by atoms with Crippen molar-refractivity contribution in [2.24, 2.45) is 0 Å². The second kappa shape index (κ2) is 6.20. The summed E-state index contributed by atoms with van der Waals surface area (Å²) in [5, 5.41) is 4.45. The van der Waals surface area contributed by atoms with Crippen LogP contribution in [0.5, 0.6) is 5.75 Å². The average molecular weight is 272 g/mol. The molecule has 1 aliphatic heterocycles. The van der Waals surface area contributed by atoms with Crippen molar-refractivity contribution in [1.29, 1.82) is 0 Å². The minimum atomic E-state index is 0.178. The molecule has 4 nitrogen and oxygen atoms in total. The molecule has 1 fully saturated rings. The van der Waals surface area contributed by atoms with Gasteiger partial charge in [0.1, 0.15) is 11.9 Å². The molecular formula is C16H20N2O2. The zero-order valence-electron chi connectivity index (χ0n) is 11.8. The van der Waals surface area contributed by atoms with Crippen LogP contribution in [0.4, 0.5) is 0 Å². The van der Waals surface area contributed by atoms with Crippen LogP contribution < -0.4 is 10.1 Å². The van der Waals surface area contributed by atoms with Gasteiger partial charge in [0.25, 0.3) is 0 Å². The molecule has 1 saturated heterocycles. The highest BCUT2D eigenvalue weighted by atomic mass is 16.6. The Kier molecular flexibility index (Phi) is 4.14. The number of para-hydroxylation sites is 1. The monoisotopic (exact) mass is 272 g/mol. The molecule has 1 aliphatic rings. The van der Waals surface area contributed by atoms with Gasteiger partial charge < -0.3 is 14.8 Å². The molecule has 2 heterocycles. The Balaban J connectivity index is 1.87. The van der Waals surface area contributed by atoms with Crippen LogP contribution in [0.3, 0.4) is 0 Å². The largest absolute Gasteiger partial charge is 0.485 e. The zero-order valence-corrected chi connectivity index (χ0v) is 11.8. The number of nitrogens with zero attached hydrogens (tertiary/aromatic N) is 1. The highest BCUT2D eigenvalue weighted by molar-refractivity contribution is 5.85. The number of hydrogen-bond acceptors (Lipinski definition) is 4. The molecule has 1 N–H and O–H groups in total. The standard InChI is InChI=1S/C16H20N2O2/c1-2-7-17-9-12-8-16(20-13-10-19-11-13)14-5-3-4-6-15(14)18-12/h3-6,8,13,17H,2,7,9-11H2,1H3. The van der Waals surface area contributed by atoms with Gasteiger partial charge in [-0.25, -0.2) is 0 Å². The molecule has 1 aromatic carbocycles. The lowest BCUT2D eigenvalue weighted by Gasteiger charge is -2.27. The van der Waals surface area contributed by atoms with Gasteiger partial charge in [0.15, 0.2) is 0 Å². The molecule has 0 aliphatic carbocycles. The number of aromatic nitrogens is 1. The first-order chi connectivity index (χ1) is 9.86. The number of fused-ring (bicyclic) bond motifs is 1. The summed E-state index contributed by atoms with van der Waals surface area (Å²) >= 11 is 0. The molecule has 0 spiro atoms. The fraction of sp³-hybridized carbons (Fsp3) is 0.438. The maximum atomic E-state index is 6.02. The van der Waals surface area contributed by atoms with Gasteiger partial charge in [-0.1, -0.05) is 19.1 Å². The van der Waals surface area contributed by atoms with E-state index in [1.54, 1.807) is 0 Å². The van der Waals surface area contributed by atoms with E-state index in [1.807, 2.05) is 24.3 Å². The van der Waals surface area contributed by atoms with Crippen molar-refractivity contribution in [3.8, 4) is 5.75 Å². The molecule has 0 saturated carbocycles. The van der Waals surface area contributed by atoms with E-state index in [-0.39, 0.29) is 6.10 Å². The minimum absolute atomic E-state index is 0.178. The Hall–Kier alpha value is -1.65. The first-order valence-electron chi connectivity index (χ1n) is 7.20. The van der Waals surface area contributed by atoms with Crippen LogP contribution in [0.25, 0.3) is 10.9 Å². The number of nitrogens with one attached hydrogen (secondary N) is 1. The summed E-state index contributed by atoms with van der Waals surface area (Å²) in [7, 11) is 0. The van der Waals surface area contributed by atoms with Crippen LogP contribution in [0.1, 0.15) is 19.0 Å². The van der Waals surface area contributed by atoms with Gasteiger partial charge in [-0.2, -0.15) is 0 Å². The topological polar surface area (TPSA) is 43.4 Å². The molecule has 3 rings (SSSR count). The SMILES string of the molecule is CCCNCc1cc(OC2COC2)c2ccccc2n1.